The summed E-state index contributed by atoms with van der Waals surface area (Å²) in [6.45, 7) is 1.97. The van der Waals surface area contributed by atoms with E-state index in [4.69, 9.17) is 16.3 Å². The van der Waals surface area contributed by atoms with Crippen molar-refractivity contribution < 1.29 is 14.6 Å². The van der Waals surface area contributed by atoms with E-state index in [9.17, 15) is 9.90 Å². The number of ether oxygens (including phenoxy) is 1. The summed E-state index contributed by atoms with van der Waals surface area (Å²) in [6, 6.07) is 7.57. The molecule has 1 heterocycles. The molecule has 0 spiro atoms. The molecule has 134 valence electrons. The Hall–Kier alpha value is -1.92. The third-order valence-corrected chi connectivity index (χ3v) is 5.78. The maximum Gasteiger partial charge on any atom is 0.314 e. The zero-order chi connectivity index (χ0) is 18.1. The van der Waals surface area contributed by atoms with Gasteiger partial charge in [0.1, 0.15) is 18.3 Å². The van der Waals surface area contributed by atoms with Gasteiger partial charge < -0.3 is 9.84 Å². The lowest BCUT2D eigenvalue weighted by Gasteiger charge is -2.40. The summed E-state index contributed by atoms with van der Waals surface area (Å²) in [6.07, 6.45) is 4.90. The smallest absolute Gasteiger partial charge is 0.314 e. The second kappa shape index (κ2) is 6.77. The highest BCUT2D eigenvalue weighted by Gasteiger charge is 2.61. The molecular weight excluding hydrogens is 342 g/mol. The van der Waals surface area contributed by atoms with Crippen LogP contribution < -0.4 is 0 Å². The molecule has 1 aliphatic carbocycles. The van der Waals surface area contributed by atoms with Crippen LogP contribution in [0.4, 0.5) is 0 Å². The molecule has 7 heteroatoms. The maximum atomic E-state index is 12.5. The molecule has 0 saturated heterocycles. The first kappa shape index (κ1) is 17.9. The van der Waals surface area contributed by atoms with Gasteiger partial charge in [0, 0.05) is 5.02 Å². The minimum atomic E-state index is -1.28. The van der Waals surface area contributed by atoms with Crippen molar-refractivity contribution in [3.05, 3.63) is 47.5 Å². The number of carbonyl (C=O) groups is 1. The molecule has 25 heavy (non-hydrogen) atoms. The predicted octanol–water partition coefficient (Wildman–Crippen LogP) is 2.49. The van der Waals surface area contributed by atoms with Crippen molar-refractivity contribution >= 4 is 17.6 Å². The van der Waals surface area contributed by atoms with Gasteiger partial charge in [-0.05, 0) is 49.8 Å². The van der Waals surface area contributed by atoms with Crippen LogP contribution >= 0.6 is 11.6 Å². The lowest BCUT2D eigenvalue weighted by atomic mass is 9.71. The number of rotatable bonds is 5. The number of benzene rings is 1. The van der Waals surface area contributed by atoms with Gasteiger partial charge in [0.05, 0.1) is 19.1 Å². The van der Waals surface area contributed by atoms with Crippen molar-refractivity contribution in [3.63, 3.8) is 0 Å². The molecule has 0 bridgehead atoms. The molecular formula is C18H22ClN3O3. The van der Waals surface area contributed by atoms with E-state index in [1.807, 2.05) is 24.3 Å². The van der Waals surface area contributed by atoms with Crippen molar-refractivity contribution in [2.45, 2.75) is 38.3 Å². The normalized spacial score (nSPS) is 28.9. The van der Waals surface area contributed by atoms with E-state index < -0.39 is 17.0 Å². The van der Waals surface area contributed by atoms with Crippen molar-refractivity contribution in [2.75, 3.05) is 7.11 Å². The number of aliphatic hydroxyl groups is 1. The fourth-order valence-electron chi connectivity index (χ4n) is 3.91. The lowest BCUT2D eigenvalue weighted by Crippen LogP contribution is -2.54. The molecule has 3 rings (SSSR count). The Balaban J connectivity index is 1.93. The Bertz CT molecular complexity index is 735. The number of halogens is 1. The van der Waals surface area contributed by atoms with E-state index >= 15 is 0 Å². The van der Waals surface area contributed by atoms with Crippen molar-refractivity contribution in [3.8, 4) is 0 Å². The van der Waals surface area contributed by atoms with Gasteiger partial charge in [-0.3, -0.25) is 9.48 Å². The van der Waals surface area contributed by atoms with E-state index in [-0.39, 0.29) is 12.5 Å². The van der Waals surface area contributed by atoms with Gasteiger partial charge in [-0.1, -0.05) is 23.7 Å². The van der Waals surface area contributed by atoms with E-state index in [0.717, 1.165) is 12.0 Å². The second-order valence-corrected chi connectivity index (χ2v) is 7.34. The summed E-state index contributed by atoms with van der Waals surface area (Å²) in [5, 5.41) is 16.4. The van der Waals surface area contributed by atoms with Crippen molar-refractivity contribution in [2.24, 2.45) is 11.3 Å². The monoisotopic (exact) mass is 363 g/mol. The van der Waals surface area contributed by atoms with Gasteiger partial charge in [-0.2, -0.15) is 5.10 Å². The molecule has 1 aliphatic rings. The number of esters is 1. The minimum Gasteiger partial charge on any atom is -0.469 e. The number of hydrogen-bond acceptors (Lipinski definition) is 5. The number of methoxy groups -OCH3 is 1. The molecule has 1 aromatic heterocycles. The van der Waals surface area contributed by atoms with Crippen molar-refractivity contribution in [1.29, 1.82) is 0 Å². The van der Waals surface area contributed by atoms with Gasteiger partial charge >= 0.3 is 5.97 Å². The highest BCUT2D eigenvalue weighted by molar-refractivity contribution is 6.30. The molecule has 0 radical (unpaired) electrons. The first-order valence-electron chi connectivity index (χ1n) is 8.27. The standard InChI is InChI=1S/C18H22ClN3O3/c1-17(16(23)25-2)8-7-14(9-13-3-5-15(19)6-4-13)18(17,24)10-22-12-20-11-21-22/h3-6,11-12,14,24H,7-10H2,1-2H3/t14-,17-,18+/m0/s1. The van der Waals surface area contributed by atoms with E-state index in [1.165, 1.54) is 13.4 Å². The summed E-state index contributed by atoms with van der Waals surface area (Å²) in [4.78, 5) is 16.4. The van der Waals surface area contributed by atoms with Crippen LogP contribution in [-0.2, 0) is 22.5 Å². The van der Waals surface area contributed by atoms with Crippen LogP contribution in [-0.4, -0.2) is 38.6 Å². The van der Waals surface area contributed by atoms with E-state index in [2.05, 4.69) is 10.1 Å². The highest BCUT2D eigenvalue weighted by Crippen LogP contribution is 2.52. The maximum absolute atomic E-state index is 12.5. The predicted molar refractivity (Wildman–Crippen MR) is 93.0 cm³/mol. The Morgan fingerprint density at radius 3 is 2.76 bits per heavy atom. The molecule has 0 aliphatic heterocycles. The lowest BCUT2D eigenvalue weighted by molar-refractivity contribution is -0.173. The van der Waals surface area contributed by atoms with Crippen LogP contribution in [0.3, 0.4) is 0 Å². The molecule has 1 saturated carbocycles. The first-order valence-corrected chi connectivity index (χ1v) is 8.64. The Kier molecular flexibility index (Phi) is 4.84. The molecule has 0 amide bonds. The SMILES string of the molecule is COC(=O)[C@]1(C)CC[C@@H](Cc2ccc(Cl)cc2)[C@]1(O)Cn1cncn1. The summed E-state index contributed by atoms with van der Waals surface area (Å²) < 4.78 is 6.58. The van der Waals surface area contributed by atoms with Crippen molar-refractivity contribution in [1.82, 2.24) is 14.8 Å². The Labute approximate surface area is 151 Å². The Morgan fingerprint density at radius 1 is 1.44 bits per heavy atom. The van der Waals surface area contributed by atoms with Gasteiger partial charge in [0.2, 0.25) is 0 Å². The summed E-state index contributed by atoms with van der Waals surface area (Å²) in [5.41, 5.74) is -1.21. The average molecular weight is 364 g/mol. The van der Waals surface area contributed by atoms with Crippen LogP contribution in [0, 0.1) is 11.3 Å². The van der Waals surface area contributed by atoms with E-state index in [0.29, 0.717) is 17.9 Å². The third kappa shape index (κ3) is 3.16. The van der Waals surface area contributed by atoms with Gasteiger partial charge in [0.15, 0.2) is 0 Å². The number of hydrogen-bond donors (Lipinski definition) is 1. The fourth-order valence-corrected chi connectivity index (χ4v) is 4.04. The minimum absolute atomic E-state index is 0.109. The zero-order valence-corrected chi connectivity index (χ0v) is 15.1. The second-order valence-electron chi connectivity index (χ2n) is 6.91. The number of aromatic nitrogens is 3. The summed E-state index contributed by atoms with van der Waals surface area (Å²) >= 11 is 5.96. The molecule has 1 aromatic carbocycles. The van der Waals surface area contributed by atoms with Crippen LogP contribution in [0.15, 0.2) is 36.9 Å². The first-order chi connectivity index (χ1) is 11.9. The molecule has 6 nitrogen and oxygen atoms in total. The summed E-state index contributed by atoms with van der Waals surface area (Å²) in [7, 11) is 1.36. The van der Waals surface area contributed by atoms with Gasteiger partial charge in [-0.25, -0.2) is 4.98 Å². The Morgan fingerprint density at radius 2 is 2.16 bits per heavy atom. The van der Waals surface area contributed by atoms with Crippen LogP contribution in [0.1, 0.15) is 25.3 Å². The quantitative estimate of drug-likeness (QED) is 0.826. The number of nitrogens with zero attached hydrogens (tertiary/aromatic N) is 3. The van der Waals surface area contributed by atoms with Gasteiger partial charge in [-0.15, -0.1) is 0 Å². The topological polar surface area (TPSA) is 77.2 Å². The molecule has 1 N–H and O–H groups in total. The van der Waals surface area contributed by atoms with Gasteiger partial charge in [0.25, 0.3) is 0 Å². The van der Waals surface area contributed by atoms with E-state index in [1.54, 1.807) is 17.9 Å². The number of carbonyl (C=O) groups excluding carboxylic acids is 1. The van der Waals surface area contributed by atoms with Crippen LogP contribution in [0.25, 0.3) is 0 Å². The summed E-state index contributed by atoms with van der Waals surface area (Å²) in [5.74, 6) is -0.504. The van der Waals surface area contributed by atoms with Crippen LogP contribution in [0.5, 0.6) is 0 Å². The third-order valence-electron chi connectivity index (χ3n) is 5.52. The molecule has 2 aromatic rings. The molecule has 0 unspecified atom stereocenters. The highest BCUT2D eigenvalue weighted by atomic mass is 35.5. The van der Waals surface area contributed by atoms with Crippen LogP contribution in [0.2, 0.25) is 5.02 Å². The largest absolute Gasteiger partial charge is 0.469 e. The molecule has 1 fully saturated rings. The fraction of sp³-hybridized carbons (Fsp3) is 0.500. The average Bonchev–Trinajstić information content (AvgIpc) is 3.19. The zero-order valence-electron chi connectivity index (χ0n) is 14.4. The molecule has 3 atom stereocenters.